The third kappa shape index (κ3) is 3.42. The number of hydrogen-bond donors (Lipinski definition) is 2. The van der Waals surface area contributed by atoms with E-state index in [1.165, 1.54) is 18.2 Å². The summed E-state index contributed by atoms with van der Waals surface area (Å²) in [5.41, 5.74) is 1.63. The van der Waals surface area contributed by atoms with Gasteiger partial charge in [-0.15, -0.1) is 0 Å². The molecule has 2 N–H and O–H groups in total. The van der Waals surface area contributed by atoms with E-state index in [9.17, 15) is 8.78 Å². The second kappa shape index (κ2) is 6.61. The molecule has 0 radical (unpaired) electrons. The van der Waals surface area contributed by atoms with Crippen LogP contribution in [0.1, 0.15) is 11.1 Å². The summed E-state index contributed by atoms with van der Waals surface area (Å²) in [7, 11) is -1.08. The molecule has 2 aromatic rings. The molecule has 0 bridgehead atoms. The van der Waals surface area contributed by atoms with E-state index in [-0.39, 0.29) is 17.9 Å². The maximum Gasteiger partial charge on any atom is 0.494 e. The summed E-state index contributed by atoms with van der Waals surface area (Å²) in [6, 6.07) is 10.6. The standard InChI is InChI=1S/C7H6BFO2.C7H7FO/c9-6-3-1-2-5-4-11-8(10)7(5)6;8-7-3-1-2-6(4-7)5-9/h1-3,10H,4H2;1-4,9H,5H2. The Kier molecular flexibility index (Phi) is 4.84. The molecule has 2 aromatic carbocycles. The molecule has 0 saturated heterocycles. The molecule has 6 heteroatoms. The number of rotatable bonds is 1. The van der Waals surface area contributed by atoms with Gasteiger partial charge in [-0.25, -0.2) is 8.78 Å². The highest BCUT2D eigenvalue weighted by atomic mass is 19.1. The van der Waals surface area contributed by atoms with Crippen molar-refractivity contribution in [2.24, 2.45) is 0 Å². The first-order valence-electron chi connectivity index (χ1n) is 6.04. The fraction of sp³-hybridized carbons (Fsp3) is 0.143. The number of halogens is 2. The number of fused-ring (bicyclic) bond motifs is 1. The average Bonchev–Trinajstić information content (AvgIpc) is 2.82. The van der Waals surface area contributed by atoms with Crippen LogP contribution in [0, 0.1) is 11.6 Å². The molecule has 1 aliphatic rings. The van der Waals surface area contributed by atoms with Crippen molar-refractivity contribution in [3.8, 4) is 0 Å². The quantitative estimate of drug-likeness (QED) is 0.774. The molecule has 0 unspecified atom stereocenters. The second-order valence-corrected chi connectivity index (χ2v) is 4.26. The maximum absolute atomic E-state index is 12.9. The maximum atomic E-state index is 12.9. The third-order valence-corrected chi connectivity index (χ3v) is 2.86. The first-order chi connectivity index (χ1) is 9.61. The van der Waals surface area contributed by atoms with E-state index >= 15 is 0 Å². The predicted molar refractivity (Wildman–Crippen MR) is 71.1 cm³/mol. The zero-order chi connectivity index (χ0) is 14.5. The Hall–Kier alpha value is -1.76. The molecule has 1 aliphatic heterocycles. The second-order valence-electron chi connectivity index (χ2n) is 4.26. The molecule has 1 heterocycles. The lowest BCUT2D eigenvalue weighted by Gasteiger charge is -1.97. The molecular formula is C14H13BF2O3. The Morgan fingerprint density at radius 3 is 2.50 bits per heavy atom. The van der Waals surface area contributed by atoms with Crippen LogP contribution in [0.4, 0.5) is 8.78 Å². The minimum absolute atomic E-state index is 0.0994. The molecule has 20 heavy (non-hydrogen) atoms. The molecule has 0 aliphatic carbocycles. The van der Waals surface area contributed by atoms with Crippen molar-refractivity contribution in [2.75, 3.05) is 0 Å². The molecule has 3 rings (SSSR count). The van der Waals surface area contributed by atoms with E-state index in [0.717, 1.165) is 5.56 Å². The van der Waals surface area contributed by atoms with Crippen LogP contribution in [0.15, 0.2) is 42.5 Å². The topological polar surface area (TPSA) is 49.7 Å². The summed E-state index contributed by atoms with van der Waals surface area (Å²) in [6.07, 6.45) is 0. The van der Waals surface area contributed by atoms with E-state index in [0.29, 0.717) is 12.2 Å². The molecule has 0 aromatic heterocycles. The first-order valence-corrected chi connectivity index (χ1v) is 6.04. The monoisotopic (exact) mass is 278 g/mol. The Bertz CT molecular complexity index is 592. The van der Waals surface area contributed by atoms with E-state index in [1.807, 2.05) is 0 Å². The summed E-state index contributed by atoms with van der Waals surface area (Å²) in [4.78, 5) is 0. The van der Waals surface area contributed by atoms with Crippen molar-refractivity contribution in [1.82, 2.24) is 0 Å². The molecule has 0 amide bonds. The molecule has 0 saturated carbocycles. The summed E-state index contributed by atoms with van der Waals surface area (Å²) in [5, 5.41) is 17.6. The zero-order valence-electron chi connectivity index (χ0n) is 10.6. The van der Waals surface area contributed by atoms with Crippen molar-refractivity contribution in [3.05, 3.63) is 65.2 Å². The minimum atomic E-state index is -1.08. The van der Waals surface area contributed by atoms with Gasteiger partial charge < -0.3 is 14.8 Å². The fourth-order valence-electron chi connectivity index (χ4n) is 1.87. The van der Waals surface area contributed by atoms with Crippen LogP contribution in [-0.4, -0.2) is 17.2 Å². The van der Waals surface area contributed by atoms with Gasteiger partial charge in [0.25, 0.3) is 0 Å². The lowest BCUT2D eigenvalue weighted by atomic mass is 9.79. The van der Waals surface area contributed by atoms with Gasteiger partial charge in [0.1, 0.15) is 11.6 Å². The normalized spacial score (nSPS) is 12.7. The third-order valence-electron chi connectivity index (χ3n) is 2.86. The van der Waals surface area contributed by atoms with Crippen LogP contribution in [-0.2, 0) is 17.9 Å². The molecule has 0 spiro atoms. The lowest BCUT2D eigenvalue weighted by Crippen LogP contribution is -2.30. The van der Waals surface area contributed by atoms with Gasteiger partial charge >= 0.3 is 7.12 Å². The highest BCUT2D eigenvalue weighted by molar-refractivity contribution is 6.61. The van der Waals surface area contributed by atoms with Crippen molar-refractivity contribution in [2.45, 2.75) is 13.2 Å². The van der Waals surface area contributed by atoms with E-state index in [1.54, 1.807) is 24.3 Å². The minimum Gasteiger partial charge on any atom is -0.423 e. The molecule has 104 valence electrons. The van der Waals surface area contributed by atoms with Crippen LogP contribution in [0.5, 0.6) is 0 Å². The van der Waals surface area contributed by atoms with E-state index < -0.39 is 12.9 Å². The SMILES string of the molecule is OB1OCc2cccc(F)c21.OCc1cccc(F)c1. The largest absolute Gasteiger partial charge is 0.494 e. The van der Waals surface area contributed by atoms with Crippen LogP contribution in [0.25, 0.3) is 0 Å². The highest BCUT2D eigenvalue weighted by Crippen LogP contribution is 2.10. The van der Waals surface area contributed by atoms with Gasteiger partial charge in [-0.1, -0.05) is 24.3 Å². The van der Waals surface area contributed by atoms with Crippen LogP contribution in [0.3, 0.4) is 0 Å². The summed E-state index contributed by atoms with van der Waals surface area (Å²) in [6.45, 7) is 0.200. The number of aliphatic hydroxyl groups excluding tert-OH is 1. The fourth-order valence-corrected chi connectivity index (χ4v) is 1.87. The summed E-state index contributed by atoms with van der Waals surface area (Å²) < 4.78 is 30.0. The Morgan fingerprint density at radius 2 is 1.90 bits per heavy atom. The van der Waals surface area contributed by atoms with Crippen molar-refractivity contribution < 1.29 is 23.6 Å². The molecule has 0 fully saturated rings. The van der Waals surface area contributed by atoms with Crippen molar-refractivity contribution in [1.29, 1.82) is 0 Å². The first kappa shape index (κ1) is 14.6. The smallest absolute Gasteiger partial charge is 0.423 e. The van der Waals surface area contributed by atoms with Gasteiger partial charge in [0, 0.05) is 5.46 Å². The number of benzene rings is 2. The molecule has 0 atom stereocenters. The molecular weight excluding hydrogens is 265 g/mol. The predicted octanol–water partition coefficient (Wildman–Crippen LogP) is 1.36. The van der Waals surface area contributed by atoms with E-state index in [2.05, 4.69) is 0 Å². The van der Waals surface area contributed by atoms with Crippen LogP contribution >= 0.6 is 0 Å². The number of hydrogen-bond acceptors (Lipinski definition) is 3. The van der Waals surface area contributed by atoms with Gasteiger partial charge in [-0.2, -0.15) is 0 Å². The average molecular weight is 278 g/mol. The van der Waals surface area contributed by atoms with Gasteiger partial charge in [-0.3, -0.25) is 0 Å². The summed E-state index contributed by atoms with van der Waals surface area (Å²) in [5.74, 6) is -0.700. The Morgan fingerprint density at radius 1 is 1.15 bits per heavy atom. The van der Waals surface area contributed by atoms with Crippen LogP contribution in [0.2, 0.25) is 0 Å². The van der Waals surface area contributed by atoms with Crippen molar-refractivity contribution >= 4 is 12.6 Å². The summed E-state index contributed by atoms with van der Waals surface area (Å²) >= 11 is 0. The van der Waals surface area contributed by atoms with E-state index in [4.69, 9.17) is 14.8 Å². The molecule has 3 nitrogen and oxygen atoms in total. The lowest BCUT2D eigenvalue weighted by molar-refractivity contribution is 0.275. The zero-order valence-corrected chi connectivity index (χ0v) is 10.6. The highest BCUT2D eigenvalue weighted by Gasteiger charge is 2.29. The Labute approximate surface area is 115 Å². The Balaban J connectivity index is 0.000000151. The van der Waals surface area contributed by atoms with Gasteiger partial charge in [0.15, 0.2) is 0 Å². The van der Waals surface area contributed by atoms with Gasteiger partial charge in [0.2, 0.25) is 0 Å². The van der Waals surface area contributed by atoms with Gasteiger partial charge in [-0.05, 0) is 29.3 Å². The number of aliphatic hydroxyl groups is 1. The van der Waals surface area contributed by atoms with Gasteiger partial charge in [0.05, 0.1) is 13.2 Å². The van der Waals surface area contributed by atoms with Crippen molar-refractivity contribution in [3.63, 3.8) is 0 Å². The van der Waals surface area contributed by atoms with Crippen LogP contribution < -0.4 is 5.46 Å².